The van der Waals surface area contributed by atoms with Crippen LogP contribution in [-0.2, 0) is 0 Å². The quantitative estimate of drug-likeness (QED) is 0.798. The van der Waals surface area contributed by atoms with Crippen LogP contribution in [0.4, 0.5) is 0 Å². The zero-order chi connectivity index (χ0) is 14.5. The lowest BCUT2D eigenvalue weighted by atomic mass is 10.1. The zero-order valence-corrected chi connectivity index (χ0v) is 11.8. The van der Waals surface area contributed by atoms with E-state index in [2.05, 4.69) is 0 Å². The summed E-state index contributed by atoms with van der Waals surface area (Å²) >= 11 is 11.7. The van der Waals surface area contributed by atoms with Crippen molar-refractivity contribution < 1.29 is 9.53 Å². The van der Waals surface area contributed by atoms with Crippen LogP contribution in [0.2, 0.25) is 10.0 Å². The molecule has 3 nitrogen and oxygen atoms in total. The topological polar surface area (TPSA) is 50.1 Å². The third kappa shape index (κ3) is 3.51. The zero-order valence-electron chi connectivity index (χ0n) is 10.3. The minimum atomic E-state index is -0.194. The first kappa shape index (κ1) is 14.4. The number of hydrogen-bond acceptors (Lipinski definition) is 3. The molecule has 0 saturated carbocycles. The number of Topliss-reactive ketones (excluding diaryl/α,β-unsaturated/α-hetero) is 1. The highest BCUT2D eigenvalue weighted by Gasteiger charge is 2.09. The molecule has 2 rings (SSSR count). The second-order valence-corrected chi connectivity index (χ2v) is 4.82. The average molecular weight is 306 g/mol. The number of benzene rings is 2. The maximum Gasteiger partial charge on any atom is 0.200 e. The molecule has 0 radical (unpaired) electrons. The standard InChI is InChI=1S/C15H9Cl2NO2/c16-12-5-6-15(13(17)7-12)20-9-14(19)11-3-1-10(8-18)2-4-11/h1-7H,9H2. The van der Waals surface area contributed by atoms with Crippen molar-refractivity contribution in [2.45, 2.75) is 0 Å². The van der Waals surface area contributed by atoms with Crippen LogP contribution in [0.1, 0.15) is 15.9 Å². The Balaban J connectivity index is 2.03. The van der Waals surface area contributed by atoms with Gasteiger partial charge in [-0.25, -0.2) is 0 Å². The third-order valence-electron chi connectivity index (χ3n) is 2.59. The van der Waals surface area contributed by atoms with Gasteiger partial charge in [0.2, 0.25) is 0 Å². The molecule has 2 aromatic rings. The molecule has 2 aromatic carbocycles. The lowest BCUT2D eigenvalue weighted by Gasteiger charge is -2.07. The predicted molar refractivity (Wildman–Crippen MR) is 77.4 cm³/mol. The van der Waals surface area contributed by atoms with Gasteiger partial charge in [-0.2, -0.15) is 5.26 Å². The molecule has 0 spiro atoms. The Morgan fingerprint density at radius 2 is 1.85 bits per heavy atom. The normalized spacial score (nSPS) is 9.85. The van der Waals surface area contributed by atoms with Gasteiger partial charge in [0.1, 0.15) is 5.75 Å². The van der Waals surface area contributed by atoms with Gasteiger partial charge in [-0.15, -0.1) is 0 Å². The Kier molecular flexibility index (Phi) is 4.62. The Bertz CT molecular complexity index is 675. The van der Waals surface area contributed by atoms with Crippen LogP contribution in [0.25, 0.3) is 0 Å². The molecule has 0 aromatic heterocycles. The van der Waals surface area contributed by atoms with E-state index in [0.717, 1.165) is 0 Å². The van der Waals surface area contributed by atoms with E-state index >= 15 is 0 Å². The van der Waals surface area contributed by atoms with Gasteiger partial charge < -0.3 is 4.74 Å². The lowest BCUT2D eigenvalue weighted by molar-refractivity contribution is 0.0921. The fraction of sp³-hybridized carbons (Fsp3) is 0.0667. The molecule has 100 valence electrons. The van der Waals surface area contributed by atoms with Crippen molar-refractivity contribution in [1.82, 2.24) is 0 Å². The van der Waals surface area contributed by atoms with Gasteiger partial charge in [0.25, 0.3) is 0 Å². The molecular weight excluding hydrogens is 297 g/mol. The van der Waals surface area contributed by atoms with Gasteiger partial charge in [0.15, 0.2) is 12.4 Å². The predicted octanol–water partition coefficient (Wildman–Crippen LogP) is 4.13. The minimum Gasteiger partial charge on any atom is -0.484 e. The number of hydrogen-bond donors (Lipinski definition) is 0. The second-order valence-electron chi connectivity index (χ2n) is 3.98. The fourth-order valence-electron chi connectivity index (χ4n) is 1.55. The smallest absolute Gasteiger partial charge is 0.200 e. The number of nitriles is 1. The van der Waals surface area contributed by atoms with Gasteiger partial charge >= 0.3 is 0 Å². The van der Waals surface area contributed by atoms with Crippen molar-refractivity contribution in [2.24, 2.45) is 0 Å². The van der Waals surface area contributed by atoms with Crippen molar-refractivity contribution in [3.63, 3.8) is 0 Å². The van der Waals surface area contributed by atoms with Gasteiger partial charge in [-0.05, 0) is 42.5 Å². The SMILES string of the molecule is N#Cc1ccc(C(=O)COc2ccc(Cl)cc2Cl)cc1. The molecule has 5 heteroatoms. The monoisotopic (exact) mass is 305 g/mol. The Hall–Kier alpha value is -2.02. The first-order chi connectivity index (χ1) is 9.60. The van der Waals surface area contributed by atoms with Crippen LogP contribution in [0.15, 0.2) is 42.5 Å². The molecule has 0 aliphatic carbocycles. The van der Waals surface area contributed by atoms with Crippen LogP contribution in [0, 0.1) is 11.3 Å². The fourth-order valence-corrected chi connectivity index (χ4v) is 2.01. The van der Waals surface area contributed by atoms with E-state index in [1.165, 1.54) is 0 Å². The number of carbonyl (C=O) groups excluding carboxylic acids is 1. The summed E-state index contributed by atoms with van der Waals surface area (Å²) in [4.78, 5) is 11.9. The molecule has 0 N–H and O–H groups in total. The summed E-state index contributed by atoms with van der Waals surface area (Å²) in [6.45, 7) is -0.132. The highest BCUT2D eigenvalue weighted by atomic mass is 35.5. The van der Waals surface area contributed by atoms with Crippen molar-refractivity contribution in [1.29, 1.82) is 5.26 Å². The number of rotatable bonds is 4. The van der Waals surface area contributed by atoms with E-state index < -0.39 is 0 Å². The van der Waals surface area contributed by atoms with Crippen LogP contribution in [0.3, 0.4) is 0 Å². The first-order valence-corrected chi connectivity index (χ1v) is 6.47. The van der Waals surface area contributed by atoms with E-state index in [4.69, 9.17) is 33.2 Å². The average Bonchev–Trinajstić information content (AvgIpc) is 2.46. The summed E-state index contributed by atoms with van der Waals surface area (Å²) in [5.74, 6) is 0.207. The Morgan fingerprint density at radius 1 is 1.15 bits per heavy atom. The number of halogens is 2. The summed E-state index contributed by atoms with van der Waals surface area (Å²) in [5, 5.41) is 9.54. The molecule has 20 heavy (non-hydrogen) atoms. The number of ketones is 1. The summed E-state index contributed by atoms with van der Waals surface area (Å²) < 4.78 is 5.36. The van der Waals surface area contributed by atoms with Gasteiger partial charge in [0.05, 0.1) is 16.7 Å². The van der Waals surface area contributed by atoms with E-state index in [9.17, 15) is 4.79 Å². The maximum atomic E-state index is 11.9. The highest BCUT2D eigenvalue weighted by molar-refractivity contribution is 6.35. The minimum absolute atomic E-state index is 0.132. The van der Waals surface area contributed by atoms with E-state index in [0.29, 0.717) is 26.9 Å². The molecule has 0 aliphatic heterocycles. The second kappa shape index (κ2) is 6.42. The van der Waals surface area contributed by atoms with Crippen LogP contribution >= 0.6 is 23.2 Å². The Morgan fingerprint density at radius 3 is 2.45 bits per heavy atom. The molecule has 0 bridgehead atoms. The molecule has 0 aliphatic rings. The molecule has 0 unspecified atom stereocenters. The van der Waals surface area contributed by atoms with Gasteiger partial charge in [0, 0.05) is 10.6 Å². The van der Waals surface area contributed by atoms with Crippen LogP contribution in [-0.4, -0.2) is 12.4 Å². The Labute approximate surface area is 126 Å². The largest absolute Gasteiger partial charge is 0.484 e. The molecule has 0 amide bonds. The summed E-state index contributed by atoms with van der Waals surface area (Å²) in [6.07, 6.45) is 0. The van der Waals surface area contributed by atoms with Crippen molar-refractivity contribution >= 4 is 29.0 Å². The lowest BCUT2D eigenvalue weighted by Crippen LogP contribution is -2.11. The molecule has 0 atom stereocenters. The number of carbonyl (C=O) groups is 1. The third-order valence-corrected chi connectivity index (χ3v) is 3.12. The number of ether oxygens (including phenoxy) is 1. The molecule has 0 fully saturated rings. The van der Waals surface area contributed by atoms with Crippen LogP contribution in [0.5, 0.6) is 5.75 Å². The van der Waals surface area contributed by atoms with Crippen LogP contribution < -0.4 is 4.74 Å². The maximum absolute atomic E-state index is 11.9. The van der Waals surface area contributed by atoms with E-state index in [1.807, 2.05) is 6.07 Å². The van der Waals surface area contributed by atoms with Crippen molar-refractivity contribution in [3.8, 4) is 11.8 Å². The summed E-state index contributed by atoms with van der Waals surface area (Å²) in [6, 6.07) is 13.1. The number of nitrogens with zero attached hydrogens (tertiary/aromatic N) is 1. The highest BCUT2D eigenvalue weighted by Crippen LogP contribution is 2.27. The van der Waals surface area contributed by atoms with Crippen molar-refractivity contribution in [2.75, 3.05) is 6.61 Å². The van der Waals surface area contributed by atoms with E-state index in [-0.39, 0.29) is 12.4 Å². The van der Waals surface area contributed by atoms with Gasteiger partial charge in [-0.3, -0.25) is 4.79 Å². The first-order valence-electron chi connectivity index (χ1n) is 5.71. The van der Waals surface area contributed by atoms with Crippen molar-refractivity contribution in [3.05, 3.63) is 63.6 Å². The van der Waals surface area contributed by atoms with E-state index in [1.54, 1.807) is 42.5 Å². The van der Waals surface area contributed by atoms with Gasteiger partial charge in [-0.1, -0.05) is 23.2 Å². The molecule has 0 heterocycles. The molecular formula is C15H9Cl2NO2. The molecule has 0 saturated heterocycles. The summed E-state index contributed by atoms with van der Waals surface area (Å²) in [5.41, 5.74) is 0.984. The summed E-state index contributed by atoms with van der Waals surface area (Å²) in [7, 11) is 0.